The average Bonchev–Trinajstić information content (AvgIpc) is 2.96. The van der Waals surface area contributed by atoms with Crippen molar-refractivity contribution in [1.82, 2.24) is 9.55 Å². The zero-order valence-electron chi connectivity index (χ0n) is 12.3. The number of rotatable bonds is 3. The molecule has 0 fully saturated rings. The van der Waals surface area contributed by atoms with Crippen LogP contribution in [-0.2, 0) is 11.0 Å². The maximum atomic E-state index is 12.8. The van der Waals surface area contributed by atoms with E-state index in [2.05, 4.69) is 11.6 Å². The lowest BCUT2D eigenvalue weighted by molar-refractivity contribution is -0.141. The quantitative estimate of drug-likeness (QED) is 0.746. The van der Waals surface area contributed by atoms with Gasteiger partial charge in [0.15, 0.2) is 0 Å². The average molecular weight is 331 g/mol. The summed E-state index contributed by atoms with van der Waals surface area (Å²) in [7, 11) is 0. The van der Waals surface area contributed by atoms with Gasteiger partial charge in [-0.1, -0.05) is 12.6 Å². The summed E-state index contributed by atoms with van der Waals surface area (Å²) in [6.45, 7) is 3.62. The highest BCUT2D eigenvalue weighted by molar-refractivity contribution is 6.18. The first-order valence-electron chi connectivity index (χ1n) is 6.91. The number of nitrogens with zero attached hydrogens (tertiary/aromatic N) is 2. The Labute approximate surface area is 135 Å². The number of halogens is 3. The molecule has 0 radical (unpaired) electrons. The molecule has 0 unspecified atom stereocenters. The largest absolute Gasteiger partial charge is 0.433 e. The summed E-state index contributed by atoms with van der Waals surface area (Å²) in [5.41, 5.74) is 6.02. The Morgan fingerprint density at radius 3 is 2.58 bits per heavy atom. The third-order valence-electron chi connectivity index (χ3n) is 3.65. The minimum absolute atomic E-state index is 0.174. The van der Waals surface area contributed by atoms with Gasteiger partial charge in [0.05, 0.1) is 5.52 Å². The monoisotopic (exact) mass is 331 g/mol. The number of amides is 1. The number of alkyl halides is 3. The smallest absolute Gasteiger partial charge is 0.366 e. The standard InChI is InChI=1S/C17H12F3N3O/c1-10(16(21)24)11-2-3-14-12(8-11)5-7-23(14)13-4-6-22-15(9-13)17(18,19)20/h2-9H,1H2,(H2,21,24). The Hall–Kier alpha value is -3.09. The normalized spacial score (nSPS) is 11.6. The number of primary amides is 1. The second-order valence-electron chi connectivity index (χ2n) is 5.20. The molecule has 1 amide bonds. The van der Waals surface area contributed by atoms with Crippen molar-refractivity contribution in [1.29, 1.82) is 0 Å². The van der Waals surface area contributed by atoms with Crippen LogP contribution in [0.3, 0.4) is 0 Å². The van der Waals surface area contributed by atoms with E-state index in [4.69, 9.17) is 5.73 Å². The maximum absolute atomic E-state index is 12.8. The Kier molecular flexibility index (Phi) is 3.63. The van der Waals surface area contributed by atoms with Crippen LogP contribution in [0.4, 0.5) is 13.2 Å². The van der Waals surface area contributed by atoms with Crippen molar-refractivity contribution < 1.29 is 18.0 Å². The third kappa shape index (κ3) is 2.76. The molecule has 24 heavy (non-hydrogen) atoms. The Bertz CT molecular complexity index is 957. The van der Waals surface area contributed by atoms with Gasteiger partial charge in [-0.2, -0.15) is 13.2 Å². The zero-order valence-corrected chi connectivity index (χ0v) is 12.3. The second kappa shape index (κ2) is 5.52. The number of carbonyl (C=O) groups is 1. The van der Waals surface area contributed by atoms with Gasteiger partial charge in [0.1, 0.15) is 5.69 Å². The molecule has 2 aromatic heterocycles. The molecule has 122 valence electrons. The van der Waals surface area contributed by atoms with Crippen LogP contribution < -0.4 is 5.73 Å². The predicted octanol–water partition coefficient (Wildman–Crippen LogP) is 3.54. The molecule has 0 spiro atoms. The first kappa shape index (κ1) is 15.8. The van der Waals surface area contributed by atoms with Crippen molar-refractivity contribution in [3.63, 3.8) is 0 Å². The molecule has 0 aliphatic carbocycles. The van der Waals surface area contributed by atoms with E-state index in [-0.39, 0.29) is 5.57 Å². The molecule has 0 aliphatic rings. The number of nitrogens with two attached hydrogens (primary N) is 1. The Morgan fingerprint density at radius 2 is 1.92 bits per heavy atom. The van der Waals surface area contributed by atoms with Gasteiger partial charge in [-0.3, -0.25) is 9.78 Å². The van der Waals surface area contributed by atoms with Crippen LogP contribution in [0.25, 0.3) is 22.2 Å². The molecule has 0 bridgehead atoms. The number of fused-ring (bicyclic) bond motifs is 1. The number of hydrogen-bond acceptors (Lipinski definition) is 2. The van der Waals surface area contributed by atoms with Crippen LogP contribution in [0.5, 0.6) is 0 Å². The van der Waals surface area contributed by atoms with Gasteiger partial charge in [-0.05, 0) is 35.9 Å². The van der Waals surface area contributed by atoms with E-state index in [1.807, 2.05) is 0 Å². The van der Waals surface area contributed by atoms with E-state index in [1.54, 1.807) is 35.0 Å². The minimum Gasteiger partial charge on any atom is -0.366 e. The predicted molar refractivity (Wildman–Crippen MR) is 84.3 cm³/mol. The van der Waals surface area contributed by atoms with E-state index in [9.17, 15) is 18.0 Å². The molecule has 0 saturated heterocycles. The van der Waals surface area contributed by atoms with E-state index in [1.165, 1.54) is 6.07 Å². The van der Waals surface area contributed by atoms with Gasteiger partial charge in [-0.25, -0.2) is 0 Å². The summed E-state index contributed by atoms with van der Waals surface area (Å²) < 4.78 is 40.1. The van der Waals surface area contributed by atoms with Crippen molar-refractivity contribution >= 4 is 22.4 Å². The highest BCUT2D eigenvalue weighted by Gasteiger charge is 2.32. The molecular weight excluding hydrogens is 319 g/mol. The number of hydrogen-bond donors (Lipinski definition) is 1. The molecular formula is C17H12F3N3O. The van der Waals surface area contributed by atoms with E-state index < -0.39 is 17.8 Å². The van der Waals surface area contributed by atoms with Crippen LogP contribution in [0.15, 0.2) is 55.4 Å². The summed E-state index contributed by atoms with van der Waals surface area (Å²) in [4.78, 5) is 14.6. The van der Waals surface area contributed by atoms with Gasteiger partial charge in [-0.15, -0.1) is 0 Å². The molecule has 0 saturated carbocycles. The van der Waals surface area contributed by atoms with Gasteiger partial charge in [0.25, 0.3) is 0 Å². The molecule has 4 nitrogen and oxygen atoms in total. The Balaban J connectivity index is 2.09. The van der Waals surface area contributed by atoms with Gasteiger partial charge in [0.2, 0.25) is 5.91 Å². The first-order valence-corrected chi connectivity index (χ1v) is 6.91. The van der Waals surface area contributed by atoms with Crippen molar-refractivity contribution in [3.8, 4) is 5.69 Å². The SMILES string of the molecule is C=C(C(N)=O)c1ccc2c(ccn2-c2ccnc(C(F)(F)F)c2)c1. The lowest BCUT2D eigenvalue weighted by Gasteiger charge is -2.10. The fourth-order valence-electron chi connectivity index (χ4n) is 2.42. The molecule has 0 atom stereocenters. The van der Waals surface area contributed by atoms with Gasteiger partial charge < -0.3 is 10.3 Å². The van der Waals surface area contributed by atoms with Crippen LogP contribution in [-0.4, -0.2) is 15.5 Å². The summed E-state index contributed by atoms with van der Waals surface area (Å²) in [6, 6.07) is 9.27. The summed E-state index contributed by atoms with van der Waals surface area (Å²) in [5.74, 6) is -0.627. The highest BCUT2D eigenvalue weighted by Crippen LogP contribution is 2.30. The van der Waals surface area contributed by atoms with Gasteiger partial charge >= 0.3 is 6.18 Å². The zero-order chi connectivity index (χ0) is 17.5. The van der Waals surface area contributed by atoms with Crippen LogP contribution in [0.1, 0.15) is 11.3 Å². The van der Waals surface area contributed by atoms with Crippen LogP contribution in [0, 0.1) is 0 Å². The van der Waals surface area contributed by atoms with Crippen molar-refractivity contribution in [2.24, 2.45) is 5.73 Å². The van der Waals surface area contributed by atoms with Crippen LogP contribution >= 0.6 is 0 Å². The Morgan fingerprint density at radius 1 is 1.17 bits per heavy atom. The van der Waals surface area contributed by atoms with Crippen molar-refractivity contribution in [2.75, 3.05) is 0 Å². The fraction of sp³-hybridized carbons (Fsp3) is 0.0588. The minimum atomic E-state index is -4.51. The summed E-state index contributed by atoms with van der Waals surface area (Å²) in [6.07, 6.45) is -1.74. The molecule has 1 aromatic carbocycles. The molecule has 3 aromatic rings. The molecule has 2 N–H and O–H groups in total. The highest BCUT2D eigenvalue weighted by atomic mass is 19.4. The lowest BCUT2D eigenvalue weighted by atomic mass is 10.1. The fourth-order valence-corrected chi connectivity index (χ4v) is 2.42. The topological polar surface area (TPSA) is 60.9 Å². The van der Waals surface area contributed by atoms with Crippen molar-refractivity contribution in [2.45, 2.75) is 6.18 Å². The van der Waals surface area contributed by atoms with E-state index >= 15 is 0 Å². The second-order valence-corrected chi connectivity index (χ2v) is 5.20. The van der Waals surface area contributed by atoms with Gasteiger partial charge in [0, 0.05) is 29.0 Å². The first-order chi connectivity index (χ1) is 11.3. The molecule has 3 rings (SSSR count). The number of pyridine rings is 1. The summed E-state index contributed by atoms with van der Waals surface area (Å²) in [5, 5.41) is 0.750. The number of carbonyl (C=O) groups excluding carboxylic acids is 1. The molecule has 7 heteroatoms. The summed E-state index contributed by atoms with van der Waals surface area (Å²) >= 11 is 0. The lowest BCUT2D eigenvalue weighted by Crippen LogP contribution is -2.11. The van der Waals surface area contributed by atoms with Crippen molar-refractivity contribution in [3.05, 3.63) is 66.6 Å². The molecule has 2 heterocycles. The number of benzene rings is 1. The molecule has 0 aliphatic heterocycles. The van der Waals surface area contributed by atoms with Crippen LogP contribution in [0.2, 0.25) is 0 Å². The van der Waals surface area contributed by atoms with E-state index in [0.717, 1.165) is 17.6 Å². The third-order valence-corrected chi connectivity index (χ3v) is 3.65. The maximum Gasteiger partial charge on any atom is 0.433 e. The number of aromatic nitrogens is 2. The van der Waals surface area contributed by atoms with E-state index in [0.29, 0.717) is 16.8 Å².